The molecule has 0 spiro atoms. The summed E-state index contributed by atoms with van der Waals surface area (Å²) in [6.07, 6.45) is 0. The second kappa shape index (κ2) is 2.89. The van der Waals surface area contributed by atoms with Crippen LogP contribution in [0.2, 0.25) is 0 Å². The van der Waals surface area contributed by atoms with Crippen molar-refractivity contribution in [2.75, 3.05) is 0 Å². The summed E-state index contributed by atoms with van der Waals surface area (Å²) in [7, 11) is 0. The van der Waals surface area contributed by atoms with E-state index in [0.717, 1.165) is 6.92 Å². The second-order valence-corrected chi connectivity index (χ2v) is 2.20. The highest BCUT2D eigenvalue weighted by Gasteiger charge is 2.16. The summed E-state index contributed by atoms with van der Waals surface area (Å²) in [6.45, 7) is 0.0311. The van der Waals surface area contributed by atoms with Gasteiger partial charge >= 0.3 is 0 Å². The molecule has 1 aromatic rings. The van der Waals surface area contributed by atoms with E-state index >= 15 is 0 Å². The van der Waals surface area contributed by atoms with Crippen LogP contribution in [0, 0.1) is 0 Å². The van der Waals surface area contributed by atoms with E-state index in [9.17, 15) is 5.11 Å². The molecule has 1 nitrogen and oxygen atoms in total. The van der Waals surface area contributed by atoms with Gasteiger partial charge in [0.05, 0.1) is 11.0 Å². The summed E-state index contributed by atoms with van der Waals surface area (Å²) in [5.74, 6) is 0. The van der Waals surface area contributed by atoms with Crippen LogP contribution in [0.25, 0.3) is 0 Å². The van der Waals surface area contributed by atoms with Gasteiger partial charge in [-0.05, 0) is 12.5 Å². The maximum Gasteiger partial charge on any atom is 0.105 e. The lowest BCUT2D eigenvalue weighted by Gasteiger charge is -2.18. The topological polar surface area (TPSA) is 20.2 Å². The van der Waals surface area contributed by atoms with Gasteiger partial charge in [-0.3, -0.25) is 0 Å². The van der Waals surface area contributed by atoms with Crippen LogP contribution in [0.3, 0.4) is 0 Å². The van der Waals surface area contributed by atoms with Gasteiger partial charge in [0, 0.05) is 0 Å². The van der Waals surface area contributed by atoms with Crippen LogP contribution in [0.15, 0.2) is 42.8 Å². The van der Waals surface area contributed by atoms with Crippen LogP contribution >= 0.6 is 0 Å². The standard InChI is InChI=1S/C10H12O/c1-3-10(2,11)9-7-5-4-6-8-9/h3-8,11H,1H2,2H3/i1D2,3D,4D,5D,6D,7D,8D. The van der Waals surface area contributed by atoms with E-state index in [1.54, 1.807) is 0 Å². The molecular formula is C10H12O. The fraction of sp³-hybridized carbons (Fsp3) is 0.200. The minimum atomic E-state index is -2.30. The molecule has 58 valence electrons. The molecule has 0 heterocycles. The maximum atomic E-state index is 10.2. The summed E-state index contributed by atoms with van der Waals surface area (Å²) in [6, 6.07) is -4.03. The molecule has 0 amide bonds. The molecule has 11 heavy (non-hydrogen) atoms. The summed E-state index contributed by atoms with van der Waals surface area (Å²) in [5, 5.41) is 10.2. The third-order valence-electron chi connectivity index (χ3n) is 1.23. The molecule has 1 aromatic carbocycles. The molecule has 0 saturated heterocycles. The Morgan fingerprint density at radius 1 is 1.73 bits per heavy atom. The van der Waals surface area contributed by atoms with Crippen LogP contribution in [0.1, 0.15) is 23.5 Å². The van der Waals surface area contributed by atoms with E-state index in [0.29, 0.717) is 0 Å². The predicted molar refractivity (Wildman–Crippen MR) is 46.2 cm³/mol. The third kappa shape index (κ3) is 1.69. The normalized spacial score (nSPS) is 25.3. The largest absolute Gasteiger partial charge is 0.381 e. The molecule has 1 unspecified atom stereocenters. The quantitative estimate of drug-likeness (QED) is 0.650. The first-order chi connectivity index (χ1) is 8.53. The lowest BCUT2D eigenvalue weighted by Crippen LogP contribution is -2.16. The molecule has 0 radical (unpaired) electrons. The van der Waals surface area contributed by atoms with Crippen LogP contribution in [0.5, 0.6) is 0 Å². The highest BCUT2D eigenvalue weighted by Crippen LogP contribution is 2.20. The van der Waals surface area contributed by atoms with Crippen molar-refractivity contribution >= 4 is 0 Å². The fourth-order valence-corrected chi connectivity index (χ4v) is 0.556. The number of benzene rings is 1. The summed E-state index contributed by atoms with van der Waals surface area (Å²) < 4.78 is 59.2. The first-order valence-corrected chi connectivity index (χ1v) is 2.97. The molecule has 0 aliphatic rings. The highest BCUT2D eigenvalue weighted by atomic mass is 16.3. The Balaban J connectivity index is 3.75. The molecule has 0 aliphatic heterocycles. The molecule has 1 heteroatoms. The number of hydrogen-bond acceptors (Lipinski definition) is 1. The molecule has 0 saturated carbocycles. The Bertz CT molecular complexity index is 530. The average molecular weight is 156 g/mol. The first kappa shape index (κ1) is 2.46. The average Bonchev–Trinajstić information content (AvgIpc) is 2.32. The zero-order valence-corrected chi connectivity index (χ0v) is 5.95. The summed E-state index contributed by atoms with van der Waals surface area (Å²) in [4.78, 5) is 0. The van der Waals surface area contributed by atoms with Crippen molar-refractivity contribution in [2.45, 2.75) is 12.5 Å². The minimum Gasteiger partial charge on any atom is -0.381 e. The van der Waals surface area contributed by atoms with Crippen molar-refractivity contribution in [3.8, 4) is 0 Å². The van der Waals surface area contributed by atoms with E-state index in [1.807, 2.05) is 0 Å². The van der Waals surface area contributed by atoms with Crippen molar-refractivity contribution in [1.82, 2.24) is 0 Å². The van der Waals surface area contributed by atoms with E-state index in [1.165, 1.54) is 0 Å². The van der Waals surface area contributed by atoms with Crippen LogP contribution in [0.4, 0.5) is 0 Å². The molecule has 0 aliphatic carbocycles. The van der Waals surface area contributed by atoms with Crippen molar-refractivity contribution in [1.29, 1.82) is 0 Å². The van der Waals surface area contributed by atoms with Gasteiger partial charge in [-0.25, -0.2) is 0 Å². The number of hydrogen-bond donors (Lipinski definition) is 1. The van der Waals surface area contributed by atoms with Gasteiger partial charge in [0.25, 0.3) is 0 Å². The fourth-order valence-electron chi connectivity index (χ4n) is 0.556. The van der Waals surface area contributed by atoms with Gasteiger partial charge in [0.15, 0.2) is 0 Å². The van der Waals surface area contributed by atoms with Crippen LogP contribution in [-0.2, 0) is 5.60 Å². The SMILES string of the molecule is [2H]C([2H])=C([2H])C(C)(O)c1c([2H])c([2H])c([2H])c([2H])c1[2H]. The molecular weight excluding hydrogens is 136 g/mol. The van der Waals surface area contributed by atoms with Crippen molar-refractivity contribution in [3.63, 3.8) is 0 Å². The van der Waals surface area contributed by atoms with Gasteiger partial charge in [0.1, 0.15) is 5.60 Å². The van der Waals surface area contributed by atoms with E-state index in [4.69, 9.17) is 11.0 Å². The van der Waals surface area contributed by atoms with Gasteiger partial charge < -0.3 is 5.11 Å². The molecule has 1 rings (SSSR count). The Labute approximate surface area is 78.2 Å². The summed E-state index contributed by atoms with van der Waals surface area (Å²) >= 11 is 0. The lowest BCUT2D eigenvalue weighted by molar-refractivity contribution is 0.111. The van der Waals surface area contributed by atoms with Crippen molar-refractivity contribution in [3.05, 3.63) is 48.4 Å². The van der Waals surface area contributed by atoms with Gasteiger partial charge in [-0.15, -0.1) is 0 Å². The predicted octanol–water partition coefficient (Wildman–Crippen LogP) is 2.08. The lowest BCUT2D eigenvalue weighted by atomic mass is 9.97. The van der Waals surface area contributed by atoms with Gasteiger partial charge in [-0.2, -0.15) is 0 Å². The summed E-state index contributed by atoms with van der Waals surface area (Å²) in [5.41, 5.74) is -2.81. The smallest absolute Gasteiger partial charge is 0.105 e. The Kier molecular flexibility index (Phi) is 0.645. The van der Waals surface area contributed by atoms with Crippen LogP contribution in [-0.4, -0.2) is 5.11 Å². The number of aliphatic hydroxyl groups is 1. The number of rotatable bonds is 2. The van der Waals surface area contributed by atoms with E-state index < -0.39 is 54.0 Å². The highest BCUT2D eigenvalue weighted by molar-refractivity contribution is 5.25. The minimum absolute atomic E-state index is 0.513. The Morgan fingerprint density at radius 2 is 2.36 bits per heavy atom. The third-order valence-corrected chi connectivity index (χ3v) is 1.23. The maximum absolute atomic E-state index is 10.2. The molecule has 1 N–H and O–H groups in total. The molecule has 0 bridgehead atoms. The molecule has 0 fully saturated rings. The Morgan fingerprint density at radius 3 is 2.91 bits per heavy atom. The zero-order chi connectivity index (χ0) is 15.1. The van der Waals surface area contributed by atoms with E-state index in [-0.39, 0.29) is 0 Å². The zero-order valence-electron chi connectivity index (χ0n) is 13.9. The van der Waals surface area contributed by atoms with Crippen LogP contribution < -0.4 is 0 Å². The van der Waals surface area contributed by atoms with Crippen molar-refractivity contribution < 1.29 is 16.1 Å². The second-order valence-electron chi connectivity index (χ2n) is 2.20. The Hall–Kier alpha value is -1.08. The first-order valence-electron chi connectivity index (χ1n) is 6.97. The monoisotopic (exact) mass is 156 g/mol. The van der Waals surface area contributed by atoms with Crippen molar-refractivity contribution in [2.24, 2.45) is 0 Å². The van der Waals surface area contributed by atoms with Gasteiger partial charge in [0.2, 0.25) is 0 Å². The van der Waals surface area contributed by atoms with E-state index in [2.05, 4.69) is 0 Å². The molecule has 0 aromatic heterocycles. The van der Waals surface area contributed by atoms with Gasteiger partial charge in [-0.1, -0.05) is 42.8 Å². The molecule has 1 atom stereocenters.